The van der Waals surface area contributed by atoms with Crippen molar-refractivity contribution in [3.8, 4) is 0 Å². The molecule has 3 nitrogen and oxygen atoms in total. The summed E-state index contributed by atoms with van der Waals surface area (Å²) in [6.45, 7) is 6.59. The van der Waals surface area contributed by atoms with Crippen molar-refractivity contribution in [2.75, 3.05) is 19.7 Å². The molecule has 3 atom stereocenters. The molecule has 13 heavy (non-hydrogen) atoms. The van der Waals surface area contributed by atoms with Gasteiger partial charge in [0.15, 0.2) is 0 Å². The first-order valence-electron chi connectivity index (χ1n) is 5.24. The van der Waals surface area contributed by atoms with E-state index in [1.54, 1.807) is 0 Å². The SMILES string of the molecule is CC1CCC(C)N(CC(N)CO)C1. The van der Waals surface area contributed by atoms with Crippen molar-refractivity contribution in [1.29, 1.82) is 0 Å². The Hall–Kier alpha value is -0.120. The second kappa shape index (κ2) is 4.94. The van der Waals surface area contributed by atoms with Crippen LogP contribution in [-0.4, -0.2) is 41.8 Å². The number of aliphatic hydroxyl groups is 1. The van der Waals surface area contributed by atoms with Crippen LogP contribution < -0.4 is 5.73 Å². The minimum atomic E-state index is -0.0762. The molecular formula is C10H22N2O. The van der Waals surface area contributed by atoms with E-state index in [2.05, 4.69) is 18.7 Å². The van der Waals surface area contributed by atoms with Crippen LogP contribution in [0.15, 0.2) is 0 Å². The maximum absolute atomic E-state index is 8.87. The zero-order valence-corrected chi connectivity index (χ0v) is 8.74. The van der Waals surface area contributed by atoms with E-state index in [1.807, 2.05) is 0 Å². The van der Waals surface area contributed by atoms with Crippen LogP contribution >= 0.6 is 0 Å². The van der Waals surface area contributed by atoms with E-state index >= 15 is 0 Å². The molecule has 0 aromatic heterocycles. The number of piperidine rings is 1. The van der Waals surface area contributed by atoms with E-state index < -0.39 is 0 Å². The number of rotatable bonds is 3. The maximum atomic E-state index is 8.87. The summed E-state index contributed by atoms with van der Waals surface area (Å²) in [5.41, 5.74) is 5.72. The molecular weight excluding hydrogens is 164 g/mol. The molecule has 1 aliphatic rings. The zero-order chi connectivity index (χ0) is 9.84. The molecule has 0 aromatic rings. The predicted molar refractivity (Wildman–Crippen MR) is 54.5 cm³/mol. The van der Waals surface area contributed by atoms with Gasteiger partial charge in [-0.25, -0.2) is 0 Å². The molecule has 1 heterocycles. The maximum Gasteiger partial charge on any atom is 0.0595 e. The fourth-order valence-electron chi connectivity index (χ4n) is 1.99. The molecule has 0 amide bonds. The summed E-state index contributed by atoms with van der Waals surface area (Å²) in [6.07, 6.45) is 2.59. The van der Waals surface area contributed by atoms with Crippen LogP contribution in [0.2, 0.25) is 0 Å². The minimum absolute atomic E-state index is 0.0762. The Kier molecular flexibility index (Phi) is 4.16. The average molecular weight is 186 g/mol. The molecule has 0 aromatic carbocycles. The smallest absolute Gasteiger partial charge is 0.0595 e. The zero-order valence-electron chi connectivity index (χ0n) is 8.74. The van der Waals surface area contributed by atoms with Crippen LogP contribution in [0.25, 0.3) is 0 Å². The van der Waals surface area contributed by atoms with E-state index in [9.17, 15) is 0 Å². The van der Waals surface area contributed by atoms with Crippen LogP contribution in [0.3, 0.4) is 0 Å². The number of aliphatic hydroxyl groups excluding tert-OH is 1. The number of nitrogens with zero attached hydrogens (tertiary/aromatic N) is 1. The Morgan fingerprint density at radius 1 is 1.46 bits per heavy atom. The lowest BCUT2D eigenvalue weighted by Gasteiger charge is -2.37. The van der Waals surface area contributed by atoms with Crippen molar-refractivity contribution >= 4 is 0 Å². The van der Waals surface area contributed by atoms with Gasteiger partial charge < -0.3 is 10.8 Å². The first-order valence-corrected chi connectivity index (χ1v) is 5.24. The predicted octanol–water partition coefficient (Wildman–Crippen LogP) is 0.426. The number of nitrogens with two attached hydrogens (primary N) is 1. The number of likely N-dealkylation sites (tertiary alicyclic amines) is 1. The molecule has 0 spiro atoms. The molecule has 3 N–H and O–H groups in total. The molecule has 3 heteroatoms. The lowest BCUT2D eigenvalue weighted by atomic mass is 9.95. The van der Waals surface area contributed by atoms with Gasteiger partial charge in [-0.15, -0.1) is 0 Å². The van der Waals surface area contributed by atoms with Crippen molar-refractivity contribution < 1.29 is 5.11 Å². The Balaban J connectivity index is 2.37. The molecule has 78 valence electrons. The third kappa shape index (κ3) is 3.25. The fraction of sp³-hybridized carbons (Fsp3) is 1.00. The molecule has 1 aliphatic heterocycles. The van der Waals surface area contributed by atoms with Gasteiger partial charge in [0, 0.05) is 25.2 Å². The Labute approximate surface area is 80.9 Å². The fourth-order valence-corrected chi connectivity index (χ4v) is 1.99. The third-order valence-corrected chi connectivity index (χ3v) is 2.95. The summed E-state index contributed by atoms with van der Waals surface area (Å²) >= 11 is 0. The van der Waals surface area contributed by atoms with Gasteiger partial charge in [-0.2, -0.15) is 0 Å². The van der Waals surface area contributed by atoms with Crippen LogP contribution in [0.4, 0.5) is 0 Å². The second-order valence-corrected chi connectivity index (χ2v) is 4.43. The highest BCUT2D eigenvalue weighted by Crippen LogP contribution is 2.20. The van der Waals surface area contributed by atoms with Gasteiger partial charge in [-0.3, -0.25) is 4.90 Å². The molecule has 1 saturated heterocycles. The van der Waals surface area contributed by atoms with Gasteiger partial charge in [0.1, 0.15) is 0 Å². The van der Waals surface area contributed by atoms with Crippen LogP contribution in [0, 0.1) is 5.92 Å². The van der Waals surface area contributed by atoms with Crippen LogP contribution in [0.5, 0.6) is 0 Å². The van der Waals surface area contributed by atoms with E-state index in [0.717, 1.165) is 19.0 Å². The standard InChI is InChI=1S/C10H22N2O/c1-8-3-4-9(2)12(5-8)6-10(11)7-13/h8-10,13H,3-7,11H2,1-2H3. The van der Waals surface area contributed by atoms with E-state index in [0.29, 0.717) is 6.04 Å². The highest BCUT2D eigenvalue weighted by molar-refractivity contribution is 4.79. The van der Waals surface area contributed by atoms with Crippen molar-refractivity contribution in [3.63, 3.8) is 0 Å². The molecule has 3 unspecified atom stereocenters. The van der Waals surface area contributed by atoms with Gasteiger partial charge in [-0.05, 0) is 25.7 Å². The van der Waals surface area contributed by atoms with Gasteiger partial charge in [-0.1, -0.05) is 6.92 Å². The summed E-state index contributed by atoms with van der Waals surface area (Å²) in [4.78, 5) is 2.40. The Bertz CT molecular complexity index is 152. The first kappa shape index (κ1) is 11.0. The molecule has 0 bridgehead atoms. The molecule has 0 saturated carbocycles. The van der Waals surface area contributed by atoms with E-state index in [4.69, 9.17) is 10.8 Å². The molecule has 1 rings (SSSR count). The summed E-state index contributed by atoms with van der Waals surface area (Å²) in [7, 11) is 0. The first-order chi connectivity index (χ1) is 6.13. The lowest BCUT2D eigenvalue weighted by molar-refractivity contribution is 0.105. The van der Waals surface area contributed by atoms with Crippen molar-refractivity contribution in [2.24, 2.45) is 11.7 Å². The van der Waals surface area contributed by atoms with Crippen LogP contribution in [0.1, 0.15) is 26.7 Å². The molecule has 0 radical (unpaired) electrons. The van der Waals surface area contributed by atoms with Crippen molar-refractivity contribution in [1.82, 2.24) is 4.90 Å². The highest BCUT2D eigenvalue weighted by Gasteiger charge is 2.23. The second-order valence-electron chi connectivity index (χ2n) is 4.43. The summed E-state index contributed by atoms with van der Waals surface area (Å²) < 4.78 is 0. The normalized spacial score (nSPS) is 33.2. The summed E-state index contributed by atoms with van der Waals surface area (Å²) in [5.74, 6) is 0.780. The van der Waals surface area contributed by atoms with Crippen LogP contribution in [-0.2, 0) is 0 Å². The van der Waals surface area contributed by atoms with Gasteiger partial charge >= 0.3 is 0 Å². The number of hydrogen-bond donors (Lipinski definition) is 2. The number of hydrogen-bond acceptors (Lipinski definition) is 3. The van der Waals surface area contributed by atoms with Gasteiger partial charge in [0.2, 0.25) is 0 Å². The molecule has 1 fully saturated rings. The Morgan fingerprint density at radius 2 is 2.15 bits per heavy atom. The van der Waals surface area contributed by atoms with Crippen molar-refractivity contribution in [2.45, 2.75) is 38.8 Å². The quantitative estimate of drug-likeness (QED) is 0.672. The average Bonchev–Trinajstić information content (AvgIpc) is 2.11. The third-order valence-electron chi connectivity index (χ3n) is 2.95. The summed E-state index contributed by atoms with van der Waals surface area (Å²) in [5, 5.41) is 8.87. The van der Waals surface area contributed by atoms with Gasteiger partial charge in [0.05, 0.1) is 6.61 Å². The monoisotopic (exact) mass is 186 g/mol. The van der Waals surface area contributed by atoms with Gasteiger partial charge in [0.25, 0.3) is 0 Å². The topological polar surface area (TPSA) is 49.5 Å². The summed E-state index contributed by atoms with van der Waals surface area (Å²) in [6, 6.07) is 0.557. The highest BCUT2D eigenvalue weighted by atomic mass is 16.3. The van der Waals surface area contributed by atoms with E-state index in [1.165, 1.54) is 12.8 Å². The van der Waals surface area contributed by atoms with E-state index in [-0.39, 0.29) is 12.6 Å². The lowest BCUT2D eigenvalue weighted by Crippen LogP contribution is -2.48. The minimum Gasteiger partial charge on any atom is -0.395 e. The largest absolute Gasteiger partial charge is 0.395 e. The molecule has 0 aliphatic carbocycles. The van der Waals surface area contributed by atoms with Crippen molar-refractivity contribution in [3.05, 3.63) is 0 Å². The Morgan fingerprint density at radius 3 is 2.77 bits per heavy atom.